The van der Waals surface area contributed by atoms with E-state index in [9.17, 15) is 9.59 Å². The van der Waals surface area contributed by atoms with Gasteiger partial charge in [0.15, 0.2) is 0 Å². The Kier molecular flexibility index (Phi) is 5.77. The number of hydrogen-bond acceptors (Lipinski definition) is 4. The molecule has 0 saturated heterocycles. The molecule has 0 unspecified atom stereocenters. The fourth-order valence-corrected chi connectivity index (χ4v) is 5.88. The number of ether oxygens (including phenoxy) is 2. The molecule has 6 aromatic carbocycles. The molecular weight excluding hydrogens is 543 g/mol. The Hall–Kier alpha value is -4.38. The fraction of sp³-hybridized carbons (Fsp3) is 0.0588. The highest BCUT2D eigenvalue weighted by Gasteiger charge is 2.57. The minimum Gasteiger partial charge on any atom is -0.439 e. The maximum atomic E-state index is 14.2. The summed E-state index contributed by atoms with van der Waals surface area (Å²) in [6, 6.07) is 34.5. The van der Waals surface area contributed by atoms with Gasteiger partial charge in [0.25, 0.3) is 11.6 Å². The van der Waals surface area contributed by atoms with E-state index in [0.29, 0.717) is 28.0 Å². The number of halogens is 2. The number of alkyl halides is 2. The first-order valence-electron chi connectivity index (χ1n) is 12.7. The summed E-state index contributed by atoms with van der Waals surface area (Å²) in [6.07, 6.45) is 0. The highest BCUT2D eigenvalue weighted by molar-refractivity contribution is 6.40. The van der Waals surface area contributed by atoms with E-state index in [4.69, 9.17) is 32.7 Å². The summed E-state index contributed by atoms with van der Waals surface area (Å²) in [4.78, 5) is 28.4. The Bertz CT molecular complexity index is 1870. The molecule has 2 aliphatic rings. The number of Topliss-reactive ketones (excluding diaryl/α,β-unsaturated/α-hetero) is 2. The van der Waals surface area contributed by atoms with Crippen molar-refractivity contribution < 1.29 is 19.1 Å². The molecule has 4 nitrogen and oxygen atoms in total. The van der Waals surface area contributed by atoms with Gasteiger partial charge in [-0.25, -0.2) is 0 Å². The number of ketones is 2. The molecule has 0 radical (unpaired) electrons. The van der Waals surface area contributed by atoms with Gasteiger partial charge in [-0.3, -0.25) is 9.59 Å². The molecule has 1 aliphatic carbocycles. The zero-order valence-corrected chi connectivity index (χ0v) is 22.5. The summed E-state index contributed by atoms with van der Waals surface area (Å²) in [5.74, 6) is -2.30. The summed E-state index contributed by atoms with van der Waals surface area (Å²) in [7, 11) is 0. The Morgan fingerprint density at radius 1 is 0.525 bits per heavy atom. The van der Waals surface area contributed by atoms with E-state index in [1.807, 2.05) is 97.1 Å². The average molecular weight is 563 g/mol. The predicted molar refractivity (Wildman–Crippen MR) is 160 cm³/mol. The van der Waals surface area contributed by atoms with Crippen LogP contribution in [0.1, 0.15) is 20.7 Å². The Morgan fingerprint density at radius 2 is 0.950 bits per heavy atom. The Balaban J connectivity index is 0.000000846. The van der Waals surface area contributed by atoms with Gasteiger partial charge in [-0.05, 0) is 39.1 Å². The zero-order chi connectivity index (χ0) is 27.4. The van der Waals surface area contributed by atoms with Crippen molar-refractivity contribution in [1.82, 2.24) is 0 Å². The van der Waals surface area contributed by atoms with Gasteiger partial charge in [0.05, 0.1) is 5.34 Å². The van der Waals surface area contributed by atoms with Gasteiger partial charge in [0.2, 0.25) is 0 Å². The molecule has 0 amide bonds. The van der Waals surface area contributed by atoms with E-state index in [1.54, 1.807) is 12.1 Å². The lowest BCUT2D eigenvalue weighted by Gasteiger charge is -2.34. The van der Waals surface area contributed by atoms with Crippen molar-refractivity contribution in [3.63, 3.8) is 0 Å². The third kappa shape index (κ3) is 3.46. The molecule has 194 valence electrons. The molecule has 0 bridgehead atoms. The largest absolute Gasteiger partial charge is 0.439 e. The number of rotatable bonds is 0. The van der Waals surface area contributed by atoms with Crippen LogP contribution >= 0.6 is 23.2 Å². The number of carbonyl (C=O) groups is 2. The number of hydrogen-bond donors (Lipinski definition) is 0. The highest BCUT2D eigenvalue weighted by Crippen LogP contribution is 2.51. The molecule has 40 heavy (non-hydrogen) atoms. The smallest absolute Gasteiger partial charge is 0.383 e. The maximum Gasteiger partial charge on any atom is 0.383 e. The first kappa shape index (κ1) is 24.6. The minimum absolute atomic E-state index is 0.194. The summed E-state index contributed by atoms with van der Waals surface area (Å²) in [5.41, 5.74) is 2.44. The summed E-state index contributed by atoms with van der Waals surface area (Å²) < 4.78 is 13.0. The average Bonchev–Trinajstić information content (AvgIpc) is 3.15. The topological polar surface area (TPSA) is 52.6 Å². The summed E-state index contributed by atoms with van der Waals surface area (Å²) in [6.45, 7) is 0. The van der Waals surface area contributed by atoms with Crippen LogP contribution in [0.3, 0.4) is 0 Å². The first-order valence-corrected chi connectivity index (χ1v) is 13.8. The summed E-state index contributed by atoms with van der Waals surface area (Å²) in [5, 5.41) is 5.62. The standard InChI is InChI=1S/C33H18O4.CH2Cl2/c34-31-24-13-5-9-21-10-6-14-25(28(21)24)32(35)33(31)36-26-17-15-19-7-1-3-11-22(19)29(26)30-23-12-4-2-8-20(23)16-18-27(30)37-33;2-1-3/h1-18H;1H2. The second-order valence-corrected chi connectivity index (χ2v) is 10.4. The van der Waals surface area contributed by atoms with Crippen molar-refractivity contribution >= 4 is 67.1 Å². The van der Waals surface area contributed by atoms with Gasteiger partial charge in [-0.15, -0.1) is 23.2 Å². The molecule has 1 aliphatic heterocycles. The van der Waals surface area contributed by atoms with Gasteiger partial charge in [-0.1, -0.05) is 97.1 Å². The van der Waals surface area contributed by atoms with Gasteiger partial charge in [-0.2, -0.15) is 0 Å². The van der Waals surface area contributed by atoms with E-state index >= 15 is 0 Å². The maximum absolute atomic E-state index is 14.2. The molecule has 0 N–H and O–H groups in total. The lowest BCUT2D eigenvalue weighted by atomic mass is 9.82. The van der Waals surface area contributed by atoms with Crippen LogP contribution in [-0.2, 0) is 0 Å². The van der Waals surface area contributed by atoms with E-state index in [2.05, 4.69) is 0 Å². The molecule has 0 aromatic heterocycles. The second kappa shape index (κ2) is 9.37. The molecule has 6 heteroatoms. The zero-order valence-electron chi connectivity index (χ0n) is 21.0. The third-order valence-corrected chi connectivity index (χ3v) is 7.53. The van der Waals surface area contributed by atoms with E-state index in [-0.39, 0.29) is 5.34 Å². The first-order chi connectivity index (χ1) is 19.6. The van der Waals surface area contributed by atoms with E-state index in [1.165, 1.54) is 0 Å². The molecule has 1 heterocycles. The molecule has 6 aromatic rings. The van der Waals surface area contributed by atoms with Crippen molar-refractivity contribution in [1.29, 1.82) is 0 Å². The third-order valence-electron chi connectivity index (χ3n) is 7.53. The molecule has 8 rings (SSSR count). The van der Waals surface area contributed by atoms with E-state index < -0.39 is 17.4 Å². The van der Waals surface area contributed by atoms with Crippen LogP contribution in [0.25, 0.3) is 43.4 Å². The van der Waals surface area contributed by atoms with E-state index in [0.717, 1.165) is 38.1 Å². The highest BCUT2D eigenvalue weighted by atomic mass is 35.5. The molecule has 0 atom stereocenters. The molecule has 0 fully saturated rings. The van der Waals surface area contributed by atoms with Crippen LogP contribution in [0.5, 0.6) is 11.5 Å². The monoisotopic (exact) mass is 562 g/mol. The van der Waals surface area contributed by atoms with Crippen LogP contribution in [-0.4, -0.2) is 22.7 Å². The fourth-order valence-electron chi connectivity index (χ4n) is 5.88. The lowest BCUT2D eigenvalue weighted by molar-refractivity contribution is -0.0524. The van der Waals surface area contributed by atoms with Crippen LogP contribution < -0.4 is 9.47 Å². The van der Waals surface area contributed by atoms with Gasteiger partial charge < -0.3 is 9.47 Å². The predicted octanol–water partition coefficient (Wildman–Crippen LogP) is 8.78. The van der Waals surface area contributed by atoms with Crippen LogP contribution in [0.15, 0.2) is 109 Å². The van der Waals surface area contributed by atoms with Gasteiger partial charge >= 0.3 is 5.79 Å². The van der Waals surface area contributed by atoms with Crippen molar-refractivity contribution in [2.45, 2.75) is 5.79 Å². The Labute approximate surface area is 239 Å². The van der Waals surface area contributed by atoms with Crippen molar-refractivity contribution in [2.24, 2.45) is 0 Å². The number of carbonyl (C=O) groups excluding carboxylic acids is 2. The summed E-state index contributed by atoms with van der Waals surface area (Å²) >= 11 is 9.53. The normalized spacial score (nSPS) is 14.6. The number of fused-ring (bicyclic) bond motifs is 7. The quantitative estimate of drug-likeness (QED) is 0.137. The SMILES string of the molecule is ClCCl.O=C1c2cccc3cccc(c23)C(=O)C12Oc1ccc3ccccc3c1-c1c(ccc3ccccc13)O2. The Morgan fingerprint density at radius 3 is 1.43 bits per heavy atom. The van der Waals surface area contributed by atoms with Crippen LogP contribution in [0.4, 0.5) is 0 Å². The lowest BCUT2D eigenvalue weighted by Crippen LogP contribution is -2.58. The van der Waals surface area contributed by atoms with Gasteiger partial charge in [0, 0.05) is 27.6 Å². The van der Waals surface area contributed by atoms with Crippen molar-refractivity contribution in [3.05, 3.63) is 120 Å². The van der Waals surface area contributed by atoms with Crippen molar-refractivity contribution in [3.8, 4) is 22.6 Å². The molecule has 0 saturated carbocycles. The molecule has 1 spiro atoms. The minimum atomic E-state index is -2.17. The van der Waals surface area contributed by atoms with Crippen molar-refractivity contribution in [2.75, 3.05) is 5.34 Å². The van der Waals surface area contributed by atoms with Crippen LogP contribution in [0, 0.1) is 0 Å². The van der Waals surface area contributed by atoms with Crippen LogP contribution in [0.2, 0.25) is 0 Å². The molecular formula is C34H20Cl2O4. The van der Waals surface area contributed by atoms with Gasteiger partial charge in [0.1, 0.15) is 11.5 Å². The second-order valence-electron chi connectivity index (χ2n) is 9.61. The number of benzene rings is 6.